The molecule has 1 aliphatic carbocycles. The maximum Gasteiger partial charge on any atom is 0.324 e. The number of ether oxygens (including phenoxy) is 1. The lowest BCUT2D eigenvalue weighted by Crippen LogP contribution is -2.56. The second-order valence-corrected chi connectivity index (χ2v) is 5.07. The number of hydrogen-bond acceptors (Lipinski definition) is 3. The number of carboxylic acids is 1. The molecule has 2 rings (SSSR count). The van der Waals surface area contributed by atoms with E-state index in [1.54, 1.807) is 0 Å². The summed E-state index contributed by atoms with van der Waals surface area (Å²) in [6.45, 7) is 2.59. The second-order valence-electron chi connectivity index (χ2n) is 5.07. The van der Waals surface area contributed by atoms with E-state index in [-0.39, 0.29) is 6.10 Å². The second kappa shape index (κ2) is 6.06. The number of aliphatic carboxylic acids is 1. The zero-order chi connectivity index (χ0) is 13.7. The predicted octanol–water partition coefficient (Wildman–Crippen LogP) is 2.44. The van der Waals surface area contributed by atoms with Crippen molar-refractivity contribution in [2.24, 2.45) is 0 Å². The molecule has 0 spiro atoms. The van der Waals surface area contributed by atoms with Gasteiger partial charge in [0.15, 0.2) is 0 Å². The largest absolute Gasteiger partial charge is 0.490 e. The number of hydrogen-bond donors (Lipinski definition) is 2. The fourth-order valence-corrected chi connectivity index (χ4v) is 2.79. The predicted molar refractivity (Wildman–Crippen MR) is 73.4 cm³/mol. The average molecular weight is 263 g/mol. The van der Waals surface area contributed by atoms with Gasteiger partial charge in [-0.3, -0.25) is 4.79 Å². The Balaban J connectivity index is 2.05. The smallest absolute Gasteiger partial charge is 0.324 e. The van der Waals surface area contributed by atoms with E-state index in [1.807, 2.05) is 37.3 Å². The van der Waals surface area contributed by atoms with Gasteiger partial charge in [-0.25, -0.2) is 0 Å². The molecule has 0 saturated heterocycles. The van der Waals surface area contributed by atoms with Crippen molar-refractivity contribution >= 4 is 5.97 Å². The van der Waals surface area contributed by atoms with Crippen LogP contribution in [0.15, 0.2) is 30.3 Å². The van der Waals surface area contributed by atoms with Crippen molar-refractivity contribution in [1.82, 2.24) is 5.32 Å². The van der Waals surface area contributed by atoms with Crippen molar-refractivity contribution < 1.29 is 14.6 Å². The van der Waals surface area contributed by atoms with E-state index in [1.165, 1.54) is 0 Å². The van der Waals surface area contributed by atoms with E-state index in [4.69, 9.17) is 4.74 Å². The highest BCUT2D eigenvalue weighted by Gasteiger charge is 2.43. The van der Waals surface area contributed by atoms with Crippen LogP contribution >= 0.6 is 0 Å². The molecule has 1 aromatic rings. The molecular formula is C15H21NO3. The summed E-state index contributed by atoms with van der Waals surface area (Å²) in [5, 5.41) is 12.6. The summed E-state index contributed by atoms with van der Waals surface area (Å²) in [5.74, 6) is 0.0425. The quantitative estimate of drug-likeness (QED) is 0.856. The van der Waals surface area contributed by atoms with E-state index < -0.39 is 11.5 Å². The highest BCUT2D eigenvalue weighted by atomic mass is 16.5. The molecule has 1 aromatic carbocycles. The van der Waals surface area contributed by atoms with Crippen LogP contribution in [-0.2, 0) is 4.79 Å². The third-order valence-corrected chi connectivity index (χ3v) is 3.68. The molecular weight excluding hydrogens is 242 g/mol. The fraction of sp³-hybridized carbons (Fsp3) is 0.533. The van der Waals surface area contributed by atoms with Crippen LogP contribution < -0.4 is 10.1 Å². The van der Waals surface area contributed by atoms with Gasteiger partial charge >= 0.3 is 5.97 Å². The highest BCUT2D eigenvalue weighted by molar-refractivity contribution is 5.79. The van der Waals surface area contributed by atoms with Gasteiger partial charge in [0.2, 0.25) is 0 Å². The first-order chi connectivity index (χ1) is 9.16. The first-order valence-electron chi connectivity index (χ1n) is 6.86. The van der Waals surface area contributed by atoms with E-state index >= 15 is 0 Å². The van der Waals surface area contributed by atoms with E-state index in [9.17, 15) is 9.90 Å². The van der Waals surface area contributed by atoms with Gasteiger partial charge in [0.25, 0.3) is 0 Å². The standard InChI is InChI=1S/C15H21NO3/c1-2-16-15(14(17)18)10-6-9-13(11-15)19-12-7-4-3-5-8-12/h3-5,7-8,13,16H,2,6,9-11H2,1H3,(H,17,18). The molecule has 2 N–H and O–H groups in total. The molecule has 2 unspecified atom stereocenters. The van der Waals surface area contributed by atoms with Crippen molar-refractivity contribution in [2.45, 2.75) is 44.2 Å². The minimum absolute atomic E-state index is 0.0358. The zero-order valence-corrected chi connectivity index (χ0v) is 11.3. The summed E-state index contributed by atoms with van der Waals surface area (Å²) in [7, 11) is 0. The molecule has 1 fully saturated rings. The SMILES string of the molecule is CCNC1(C(=O)O)CCCC(Oc2ccccc2)C1. The van der Waals surface area contributed by atoms with Crippen LogP contribution in [0.2, 0.25) is 0 Å². The molecule has 1 saturated carbocycles. The van der Waals surface area contributed by atoms with Crippen LogP contribution in [0.3, 0.4) is 0 Å². The summed E-state index contributed by atoms with van der Waals surface area (Å²) in [5.41, 5.74) is -0.827. The van der Waals surface area contributed by atoms with Crippen molar-refractivity contribution in [3.05, 3.63) is 30.3 Å². The third kappa shape index (κ3) is 3.26. The maximum absolute atomic E-state index is 11.5. The Morgan fingerprint density at radius 1 is 1.47 bits per heavy atom. The van der Waals surface area contributed by atoms with Crippen LogP contribution in [0.1, 0.15) is 32.6 Å². The maximum atomic E-state index is 11.5. The number of likely N-dealkylation sites (N-methyl/N-ethyl adjacent to an activating group) is 1. The molecule has 0 amide bonds. The molecule has 19 heavy (non-hydrogen) atoms. The van der Waals surface area contributed by atoms with Crippen molar-refractivity contribution in [2.75, 3.05) is 6.54 Å². The van der Waals surface area contributed by atoms with Crippen molar-refractivity contribution in [3.8, 4) is 5.75 Å². The van der Waals surface area contributed by atoms with E-state index in [0.29, 0.717) is 19.4 Å². The third-order valence-electron chi connectivity index (χ3n) is 3.68. The average Bonchev–Trinajstić information content (AvgIpc) is 2.40. The molecule has 4 heteroatoms. The lowest BCUT2D eigenvalue weighted by atomic mass is 9.80. The Labute approximate surface area is 113 Å². The van der Waals surface area contributed by atoms with Gasteiger partial charge < -0.3 is 15.2 Å². The fourth-order valence-electron chi connectivity index (χ4n) is 2.79. The summed E-state index contributed by atoms with van der Waals surface area (Å²) < 4.78 is 5.90. The normalized spacial score (nSPS) is 26.9. The summed E-state index contributed by atoms with van der Waals surface area (Å²) in [4.78, 5) is 11.5. The lowest BCUT2D eigenvalue weighted by molar-refractivity contribution is -0.147. The highest BCUT2D eigenvalue weighted by Crippen LogP contribution is 2.31. The number of carboxylic acid groups (broad SMARTS) is 1. The van der Waals surface area contributed by atoms with Crippen LogP contribution in [0, 0.1) is 0 Å². The first-order valence-corrected chi connectivity index (χ1v) is 6.86. The van der Waals surface area contributed by atoms with Gasteiger partial charge in [-0.1, -0.05) is 25.1 Å². The lowest BCUT2D eigenvalue weighted by Gasteiger charge is -2.38. The summed E-state index contributed by atoms with van der Waals surface area (Å²) >= 11 is 0. The molecule has 0 aliphatic heterocycles. The van der Waals surface area contributed by atoms with E-state index in [2.05, 4.69) is 5.32 Å². The molecule has 0 bridgehead atoms. The Kier molecular flexibility index (Phi) is 4.43. The van der Waals surface area contributed by atoms with Gasteiger partial charge in [-0.15, -0.1) is 0 Å². The first kappa shape index (κ1) is 13.9. The Hall–Kier alpha value is -1.55. The van der Waals surface area contributed by atoms with Crippen LogP contribution in [-0.4, -0.2) is 29.3 Å². The number of benzene rings is 1. The van der Waals surface area contributed by atoms with Gasteiger partial charge in [0.05, 0.1) is 0 Å². The number of carbonyl (C=O) groups is 1. The topological polar surface area (TPSA) is 58.6 Å². The zero-order valence-electron chi connectivity index (χ0n) is 11.3. The monoisotopic (exact) mass is 263 g/mol. The molecule has 2 atom stereocenters. The molecule has 0 heterocycles. The van der Waals surface area contributed by atoms with Crippen LogP contribution in [0.25, 0.3) is 0 Å². The van der Waals surface area contributed by atoms with Crippen LogP contribution in [0.4, 0.5) is 0 Å². The molecule has 104 valence electrons. The molecule has 4 nitrogen and oxygen atoms in total. The molecule has 0 radical (unpaired) electrons. The Bertz CT molecular complexity index is 417. The summed E-state index contributed by atoms with van der Waals surface area (Å²) in [6.07, 6.45) is 2.94. The van der Waals surface area contributed by atoms with Crippen molar-refractivity contribution in [3.63, 3.8) is 0 Å². The molecule has 1 aliphatic rings. The number of rotatable bonds is 5. The number of para-hydroxylation sites is 1. The van der Waals surface area contributed by atoms with Gasteiger partial charge in [0, 0.05) is 6.42 Å². The molecule has 0 aromatic heterocycles. The van der Waals surface area contributed by atoms with Gasteiger partial charge in [0.1, 0.15) is 17.4 Å². The van der Waals surface area contributed by atoms with Gasteiger partial charge in [-0.2, -0.15) is 0 Å². The Morgan fingerprint density at radius 3 is 2.84 bits per heavy atom. The van der Waals surface area contributed by atoms with Gasteiger partial charge in [-0.05, 0) is 37.9 Å². The van der Waals surface area contributed by atoms with Crippen LogP contribution in [0.5, 0.6) is 5.75 Å². The summed E-state index contributed by atoms with van der Waals surface area (Å²) in [6, 6.07) is 9.60. The van der Waals surface area contributed by atoms with Crippen molar-refractivity contribution in [1.29, 1.82) is 0 Å². The minimum Gasteiger partial charge on any atom is -0.490 e. The Morgan fingerprint density at radius 2 is 2.21 bits per heavy atom. The minimum atomic E-state index is -0.827. The van der Waals surface area contributed by atoms with E-state index in [0.717, 1.165) is 18.6 Å². The number of nitrogens with one attached hydrogen (secondary N) is 1.